The van der Waals surface area contributed by atoms with Crippen LogP contribution in [0, 0.1) is 5.82 Å². The van der Waals surface area contributed by atoms with E-state index in [9.17, 15) is 9.18 Å². The lowest BCUT2D eigenvalue weighted by Gasteiger charge is -2.37. The zero-order valence-corrected chi connectivity index (χ0v) is 18.6. The molecule has 0 N–H and O–H groups in total. The molecule has 2 aliphatic rings. The van der Waals surface area contributed by atoms with Crippen molar-refractivity contribution in [2.45, 2.75) is 26.3 Å². The van der Waals surface area contributed by atoms with E-state index in [4.69, 9.17) is 9.97 Å². The van der Waals surface area contributed by atoms with Gasteiger partial charge in [-0.25, -0.2) is 29.3 Å². The quantitative estimate of drug-likeness (QED) is 0.603. The van der Waals surface area contributed by atoms with E-state index in [0.717, 1.165) is 11.3 Å². The van der Waals surface area contributed by atoms with Crippen molar-refractivity contribution in [3.63, 3.8) is 0 Å². The van der Waals surface area contributed by atoms with Crippen molar-refractivity contribution in [2.24, 2.45) is 0 Å². The Bertz CT molecular complexity index is 1170. The second-order valence-corrected chi connectivity index (χ2v) is 8.28. The molecule has 0 aliphatic carbocycles. The molecule has 10 heteroatoms. The van der Waals surface area contributed by atoms with Crippen LogP contribution in [0.5, 0.6) is 0 Å². The third-order valence-electron chi connectivity index (χ3n) is 6.28. The number of anilines is 2. The van der Waals surface area contributed by atoms with Crippen molar-refractivity contribution in [3.05, 3.63) is 53.9 Å². The molecule has 5 heterocycles. The lowest BCUT2D eigenvalue weighted by atomic mass is 9.99. The molecule has 33 heavy (non-hydrogen) atoms. The number of carbonyl (C=O) groups is 1. The van der Waals surface area contributed by atoms with Crippen LogP contribution in [0.15, 0.2) is 36.8 Å². The summed E-state index contributed by atoms with van der Waals surface area (Å²) in [7, 11) is 0. The summed E-state index contributed by atoms with van der Waals surface area (Å²) in [6.07, 6.45) is 5.84. The smallest absolute Gasteiger partial charge is 0.219 e. The van der Waals surface area contributed by atoms with Crippen LogP contribution >= 0.6 is 0 Å². The molecule has 0 bridgehead atoms. The van der Waals surface area contributed by atoms with Gasteiger partial charge in [-0.15, -0.1) is 0 Å². The van der Waals surface area contributed by atoms with Gasteiger partial charge in [0.15, 0.2) is 11.6 Å². The third kappa shape index (κ3) is 4.20. The Kier molecular flexibility index (Phi) is 5.57. The molecule has 3 aromatic rings. The summed E-state index contributed by atoms with van der Waals surface area (Å²) in [6.45, 7) is 6.77. The highest BCUT2D eigenvalue weighted by Gasteiger charge is 2.28. The van der Waals surface area contributed by atoms with Gasteiger partial charge in [0.05, 0.1) is 11.7 Å². The monoisotopic (exact) mass is 448 g/mol. The zero-order chi connectivity index (χ0) is 22.9. The summed E-state index contributed by atoms with van der Waals surface area (Å²) in [5, 5.41) is 0. The number of pyridine rings is 1. The third-order valence-corrected chi connectivity index (χ3v) is 6.28. The first-order valence-corrected chi connectivity index (χ1v) is 11.1. The molecule has 0 radical (unpaired) electrons. The number of piperazine rings is 1. The number of hydrogen-bond donors (Lipinski definition) is 0. The van der Waals surface area contributed by atoms with Crippen molar-refractivity contribution in [2.75, 3.05) is 42.5 Å². The fourth-order valence-electron chi connectivity index (χ4n) is 4.43. The number of carbonyl (C=O) groups excluding carboxylic acids is 1. The van der Waals surface area contributed by atoms with Crippen LogP contribution in [0.1, 0.15) is 31.1 Å². The molecule has 1 saturated heterocycles. The number of nitrogens with zero attached hydrogens (tertiary/aromatic N) is 8. The second kappa shape index (κ2) is 8.68. The van der Waals surface area contributed by atoms with Gasteiger partial charge in [-0.3, -0.25) is 4.79 Å². The fraction of sp³-hybridized carbons (Fsp3) is 0.391. The zero-order valence-electron chi connectivity index (χ0n) is 18.6. The molecule has 9 nitrogen and oxygen atoms in total. The number of aromatic nitrogens is 5. The van der Waals surface area contributed by atoms with Gasteiger partial charge in [0.2, 0.25) is 5.91 Å². The highest BCUT2D eigenvalue weighted by atomic mass is 19.1. The molecule has 2 aliphatic heterocycles. The van der Waals surface area contributed by atoms with Crippen molar-refractivity contribution in [1.29, 1.82) is 0 Å². The van der Waals surface area contributed by atoms with Crippen molar-refractivity contribution in [1.82, 2.24) is 29.8 Å². The average molecular weight is 449 g/mol. The van der Waals surface area contributed by atoms with Gasteiger partial charge in [0.1, 0.15) is 17.5 Å². The lowest BCUT2D eigenvalue weighted by Crippen LogP contribution is -2.48. The predicted octanol–water partition coefficient (Wildman–Crippen LogP) is 2.26. The van der Waals surface area contributed by atoms with Crippen LogP contribution < -0.4 is 9.80 Å². The van der Waals surface area contributed by atoms with Crippen molar-refractivity contribution >= 4 is 17.5 Å². The molecule has 170 valence electrons. The molecule has 5 rings (SSSR count). The SMILES string of the molecule is CC(=O)N1CCN(c2cc(F)cc(N3CCc4nc(-c5ncccn5)ncc4C3C)n2)CC1. The molecule has 1 atom stereocenters. The maximum Gasteiger partial charge on any atom is 0.219 e. The Labute approximate surface area is 191 Å². The van der Waals surface area contributed by atoms with Crippen LogP contribution in [-0.2, 0) is 11.2 Å². The summed E-state index contributed by atoms with van der Waals surface area (Å²) in [4.78, 5) is 39.9. The van der Waals surface area contributed by atoms with E-state index >= 15 is 0 Å². The van der Waals surface area contributed by atoms with Crippen LogP contribution in [0.4, 0.5) is 16.0 Å². The van der Waals surface area contributed by atoms with Gasteiger partial charge in [-0.05, 0) is 13.0 Å². The van der Waals surface area contributed by atoms with Crippen molar-refractivity contribution < 1.29 is 9.18 Å². The second-order valence-electron chi connectivity index (χ2n) is 8.28. The van der Waals surface area contributed by atoms with E-state index in [1.165, 1.54) is 12.1 Å². The summed E-state index contributed by atoms with van der Waals surface area (Å²) in [6, 6.07) is 4.64. The molecule has 0 aromatic carbocycles. The summed E-state index contributed by atoms with van der Waals surface area (Å²) < 4.78 is 14.6. The van der Waals surface area contributed by atoms with E-state index in [1.807, 2.05) is 11.1 Å². The molecule has 0 saturated carbocycles. The van der Waals surface area contributed by atoms with Gasteiger partial charge in [0.25, 0.3) is 0 Å². The van der Waals surface area contributed by atoms with Gasteiger partial charge in [-0.1, -0.05) is 0 Å². The minimum Gasteiger partial charge on any atom is -0.353 e. The van der Waals surface area contributed by atoms with E-state index < -0.39 is 0 Å². The van der Waals surface area contributed by atoms with Gasteiger partial charge < -0.3 is 14.7 Å². The fourth-order valence-corrected chi connectivity index (χ4v) is 4.43. The first-order valence-electron chi connectivity index (χ1n) is 11.1. The Hall–Kier alpha value is -3.69. The first-order chi connectivity index (χ1) is 16.0. The van der Waals surface area contributed by atoms with E-state index in [0.29, 0.717) is 62.4 Å². The largest absolute Gasteiger partial charge is 0.353 e. The van der Waals surface area contributed by atoms with Crippen LogP contribution in [-0.4, -0.2) is 68.5 Å². The molecular formula is C23H25FN8O. The number of amides is 1. The Morgan fingerprint density at radius 3 is 2.42 bits per heavy atom. The van der Waals surface area contributed by atoms with Crippen molar-refractivity contribution in [3.8, 4) is 11.6 Å². The highest BCUT2D eigenvalue weighted by molar-refractivity contribution is 5.73. The van der Waals surface area contributed by atoms with E-state index in [2.05, 4.69) is 26.8 Å². The summed E-state index contributed by atoms with van der Waals surface area (Å²) in [5.41, 5.74) is 1.94. The lowest BCUT2D eigenvalue weighted by molar-refractivity contribution is -0.129. The molecule has 1 unspecified atom stereocenters. The summed E-state index contributed by atoms with van der Waals surface area (Å²) >= 11 is 0. The topological polar surface area (TPSA) is 91.2 Å². The van der Waals surface area contributed by atoms with Crippen LogP contribution in [0.3, 0.4) is 0 Å². The van der Waals surface area contributed by atoms with Gasteiger partial charge >= 0.3 is 0 Å². The first kappa shape index (κ1) is 21.2. The summed E-state index contributed by atoms with van der Waals surface area (Å²) in [5.74, 6) is 1.93. The molecule has 0 spiro atoms. The number of fused-ring (bicyclic) bond motifs is 1. The number of hydrogen-bond acceptors (Lipinski definition) is 8. The maximum absolute atomic E-state index is 14.6. The van der Waals surface area contributed by atoms with Crippen LogP contribution in [0.2, 0.25) is 0 Å². The average Bonchev–Trinajstić information content (AvgIpc) is 2.84. The van der Waals surface area contributed by atoms with Gasteiger partial charge in [-0.2, -0.15) is 0 Å². The normalized spacial score (nSPS) is 18.3. The number of halogens is 1. The van der Waals surface area contributed by atoms with Crippen LogP contribution in [0.25, 0.3) is 11.6 Å². The van der Waals surface area contributed by atoms with E-state index in [-0.39, 0.29) is 17.8 Å². The van der Waals surface area contributed by atoms with Gasteiger partial charge in [0, 0.05) is 82.4 Å². The Morgan fingerprint density at radius 1 is 0.970 bits per heavy atom. The minimum absolute atomic E-state index is 0.0591. The number of rotatable bonds is 3. The maximum atomic E-state index is 14.6. The Morgan fingerprint density at radius 2 is 1.70 bits per heavy atom. The molecular weight excluding hydrogens is 423 g/mol. The Balaban J connectivity index is 1.38. The van der Waals surface area contributed by atoms with E-state index in [1.54, 1.807) is 30.3 Å². The molecule has 1 amide bonds. The molecule has 1 fully saturated rings. The predicted molar refractivity (Wildman–Crippen MR) is 121 cm³/mol. The highest BCUT2D eigenvalue weighted by Crippen LogP contribution is 2.33. The standard InChI is InChI=1S/C23H25FN8O/c1-15-18-14-27-23(22-25-5-3-6-26-22)28-19(18)4-7-32(15)21-13-17(24)12-20(29-21)31-10-8-30(9-11-31)16(2)33/h3,5-6,12-15H,4,7-11H2,1-2H3. The minimum atomic E-state index is -0.324. The molecule has 3 aromatic heterocycles.